The van der Waals surface area contributed by atoms with E-state index in [9.17, 15) is 0 Å². The molecule has 1 atom stereocenters. The van der Waals surface area contributed by atoms with Gasteiger partial charge in [-0.1, -0.05) is 66.3 Å². The molecule has 23 heavy (non-hydrogen) atoms. The Balaban J connectivity index is 2.39. The molecule has 0 N–H and O–H groups in total. The molecule has 3 aromatic rings. The average Bonchev–Trinajstić information content (AvgIpc) is 2.88. The third-order valence-corrected chi connectivity index (χ3v) is 4.31. The van der Waals surface area contributed by atoms with Crippen LogP contribution >= 0.6 is 0 Å². The van der Waals surface area contributed by atoms with Crippen LogP contribution in [-0.2, 0) is 0 Å². The molecule has 1 nitrogen and oxygen atoms in total. The lowest BCUT2D eigenvalue weighted by atomic mass is 10.1. The van der Waals surface area contributed by atoms with Gasteiger partial charge in [-0.2, -0.15) is 0 Å². The molecule has 0 aliphatic carbocycles. The number of aryl methyl sites for hydroxylation is 1. The van der Waals surface area contributed by atoms with Gasteiger partial charge in [0.2, 0.25) is 0 Å². The van der Waals surface area contributed by atoms with Crippen LogP contribution in [0.4, 0.5) is 0 Å². The summed E-state index contributed by atoms with van der Waals surface area (Å²) in [5, 5.41) is 2.63. The van der Waals surface area contributed by atoms with E-state index in [0.29, 0.717) is 0 Å². The molecule has 1 aromatic heterocycles. The number of nitrogens with zero attached hydrogens (tertiary/aromatic N) is 1. The Morgan fingerprint density at radius 2 is 1.83 bits per heavy atom. The van der Waals surface area contributed by atoms with Gasteiger partial charge in [-0.25, -0.2) is 0 Å². The van der Waals surface area contributed by atoms with Gasteiger partial charge in [-0.05, 0) is 39.0 Å². The monoisotopic (exact) mass is 301 g/mol. The molecule has 1 unspecified atom stereocenters. The van der Waals surface area contributed by atoms with E-state index in [1.54, 1.807) is 0 Å². The zero-order valence-corrected chi connectivity index (χ0v) is 14.1. The van der Waals surface area contributed by atoms with E-state index in [1.165, 1.54) is 32.9 Å². The topological polar surface area (TPSA) is 4.93 Å². The van der Waals surface area contributed by atoms with E-state index in [2.05, 4.69) is 92.6 Å². The molecule has 0 bridgehead atoms. The summed E-state index contributed by atoms with van der Waals surface area (Å²) in [4.78, 5) is 0. The summed E-state index contributed by atoms with van der Waals surface area (Å²) in [6.45, 7) is 10.2. The van der Waals surface area contributed by atoms with Crippen molar-refractivity contribution in [3.8, 4) is 0 Å². The van der Waals surface area contributed by atoms with E-state index in [4.69, 9.17) is 0 Å². The van der Waals surface area contributed by atoms with Crippen LogP contribution in [-0.4, -0.2) is 4.57 Å². The van der Waals surface area contributed by atoms with E-state index in [1.807, 2.05) is 6.08 Å². The van der Waals surface area contributed by atoms with E-state index in [-0.39, 0.29) is 6.04 Å². The standard InChI is InChI=1S/C22H23N/c1-5-9-18(14-16(3)6-2)23-21-11-8-7-10-19(21)20-15-17(4)12-13-22(20)23/h5-15,18H,2H2,1,3-4H3/b9-5?,16-14-. The maximum atomic E-state index is 3.89. The first-order valence-electron chi connectivity index (χ1n) is 8.08. The maximum Gasteiger partial charge on any atom is 0.0712 e. The molecule has 0 amide bonds. The maximum absolute atomic E-state index is 3.89. The lowest BCUT2D eigenvalue weighted by Gasteiger charge is -2.15. The van der Waals surface area contributed by atoms with Gasteiger partial charge in [-0.3, -0.25) is 0 Å². The van der Waals surface area contributed by atoms with E-state index in [0.717, 1.165) is 0 Å². The van der Waals surface area contributed by atoms with Gasteiger partial charge in [0.05, 0.1) is 6.04 Å². The normalized spacial score (nSPS) is 14.0. The Kier molecular flexibility index (Phi) is 4.20. The fourth-order valence-corrected chi connectivity index (χ4v) is 3.19. The number of para-hydroxylation sites is 1. The largest absolute Gasteiger partial charge is 0.330 e. The number of allylic oxidation sites excluding steroid dienone is 5. The zero-order valence-electron chi connectivity index (χ0n) is 14.1. The van der Waals surface area contributed by atoms with Gasteiger partial charge < -0.3 is 4.57 Å². The van der Waals surface area contributed by atoms with Gasteiger partial charge in [0, 0.05) is 21.8 Å². The van der Waals surface area contributed by atoms with E-state index < -0.39 is 0 Å². The highest BCUT2D eigenvalue weighted by molar-refractivity contribution is 6.08. The van der Waals surface area contributed by atoms with Crippen LogP contribution in [0.5, 0.6) is 0 Å². The molecule has 0 aliphatic heterocycles. The SMILES string of the molecule is C=C/C(C)=C\C(C=CC)n1c2ccccc2c2cc(C)ccc21. The summed E-state index contributed by atoms with van der Waals surface area (Å²) in [6, 6.07) is 15.5. The summed E-state index contributed by atoms with van der Waals surface area (Å²) in [5.41, 5.74) is 5.02. The summed E-state index contributed by atoms with van der Waals surface area (Å²) in [5.74, 6) is 0. The van der Waals surface area contributed by atoms with Crippen molar-refractivity contribution in [3.05, 3.63) is 84.5 Å². The summed E-state index contributed by atoms with van der Waals surface area (Å²) >= 11 is 0. The van der Waals surface area contributed by atoms with Gasteiger partial charge in [-0.15, -0.1) is 0 Å². The Labute approximate surface area is 138 Å². The molecule has 3 rings (SSSR count). The second-order valence-corrected chi connectivity index (χ2v) is 6.04. The molecule has 1 heterocycles. The molecule has 0 fully saturated rings. The quantitative estimate of drug-likeness (QED) is 0.391. The van der Waals surface area contributed by atoms with Crippen molar-refractivity contribution < 1.29 is 0 Å². The fraction of sp³-hybridized carbons (Fsp3) is 0.182. The van der Waals surface area contributed by atoms with Crippen LogP contribution in [0, 0.1) is 6.92 Å². The van der Waals surface area contributed by atoms with Crippen molar-refractivity contribution in [1.82, 2.24) is 4.57 Å². The van der Waals surface area contributed by atoms with Gasteiger partial charge in [0.1, 0.15) is 0 Å². The number of aromatic nitrogens is 1. The van der Waals surface area contributed by atoms with Crippen LogP contribution in [0.3, 0.4) is 0 Å². The Morgan fingerprint density at radius 1 is 1.09 bits per heavy atom. The van der Waals surface area contributed by atoms with Crippen molar-refractivity contribution >= 4 is 21.8 Å². The lowest BCUT2D eigenvalue weighted by Crippen LogP contribution is -2.04. The first kappa shape index (κ1) is 15.4. The Hall–Kier alpha value is -2.54. The molecule has 0 radical (unpaired) electrons. The van der Waals surface area contributed by atoms with Crippen molar-refractivity contribution in [1.29, 1.82) is 0 Å². The van der Waals surface area contributed by atoms with Crippen molar-refractivity contribution in [3.63, 3.8) is 0 Å². The molecule has 1 heteroatoms. The second kappa shape index (κ2) is 6.29. The second-order valence-electron chi connectivity index (χ2n) is 6.04. The molecular formula is C22H23N. The predicted octanol–water partition coefficient (Wildman–Crippen LogP) is 6.35. The van der Waals surface area contributed by atoms with Gasteiger partial charge in [0.25, 0.3) is 0 Å². The molecule has 0 saturated carbocycles. The number of rotatable bonds is 4. The summed E-state index contributed by atoms with van der Waals surface area (Å²) < 4.78 is 2.41. The zero-order chi connectivity index (χ0) is 16.4. The minimum Gasteiger partial charge on any atom is -0.330 e. The van der Waals surface area contributed by atoms with Crippen LogP contribution in [0.2, 0.25) is 0 Å². The molecule has 0 spiro atoms. The van der Waals surface area contributed by atoms with Gasteiger partial charge in [0.15, 0.2) is 0 Å². The number of hydrogen-bond acceptors (Lipinski definition) is 0. The van der Waals surface area contributed by atoms with Gasteiger partial charge >= 0.3 is 0 Å². The Bertz CT molecular complexity index is 922. The third-order valence-electron chi connectivity index (χ3n) is 4.31. The van der Waals surface area contributed by atoms with Crippen LogP contribution in [0.25, 0.3) is 21.8 Å². The summed E-state index contributed by atoms with van der Waals surface area (Å²) in [6.07, 6.45) is 8.53. The van der Waals surface area contributed by atoms with Crippen LogP contribution < -0.4 is 0 Å². The van der Waals surface area contributed by atoms with Crippen molar-refractivity contribution in [2.24, 2.45) is 0 Å². The van der Waals surface area contributed by atoms with Crippen LogP contribution in [0.15, 0.2) is 78.9 Å². The highest BCUT2D eigenvalue weighted by Gasteiger charge is 2.14. The minimum atomic E-state index is 0.183. The van der Waals surface area contributed by atoms with Crippen LogP contribution in [0.1, 0.15) is 25.5 Å². The molecule has 116 valence electrons. The molecule has 0 aliphatic rings. The predicted molar refractivity (Wildman–Crippen MR) is 102 cm³/mol. The number of fused-ring (bicyclic) bond motifs is 3. The number of benzene rings is 2. The average molecular weight is 301 g/mol. The number of hydrogen-bond donors (Lipinski definition) is 0. The highest BCUT2D eigenvalue weighted by atomic mass is 15.0. The minimum absolute atomic E-state index is 0.183. The third kappa shape index (κ3) is 2.75. The molecular weight excluding hydrogens is 278 g/mol. The van der Waals surface area contributed by atoms with E-state index >= 15 is 0 Å². The lowest BCUT2D eigenvalue weighted by molar-refractivity contribution is 0.776. The van der Waals surface area contributed by atoms with Crippen molar-refractivity contribution in [2.45, 2.75) is 26.8 Å². The molecule has 0 saturated heterocycles. The molecule has 2 aromatic carbocycles. The smallest absolute Gasteiger partial charge is 0.0712 e. The highest BCUT2D eigenvalue weighted by Crippen LogP contribution is 2.33. The van der Waals surface area contributed by atoms with Crippen molar-refractivity contribution in [2.75, 3.05) is 0 Å². The first-order valence-corrected chi connectivity index (χ1v) is 8.08. The summed E-state index contributed by atoms with van der Waals surface area (Å²) in [7, 11) is 0. The first-order chi connectivity index (χ1) is 11.2. The Morgan fingerprint density at radius 3 is 2.57 bits per heavy atom. The fourth-order valence-electron chi connectivity index (χ4n) is 3.19.